The molecular formula is C10H16BrNOS. The Kier molecular flexibility index (Phi) is 10.8. The van der Waals surface area contributed by atoms with Gasteiger partial charge in [-0.3, -0.25) is 4.79 Å². The molecule has 0 aromatic heterocycles. The molecule has 0 aromatic rings. The number of hydrogen-bond donors (Lipinski definition) is 1. The maximum Gasteiger partial charge on any atom is 0.220 e. The van der Waals surface area contributed by atoms with Crippen LogP contribution in [0.3, 0.4) is 0 Å². The lowest BCUT2D eigenvalue weighted by Gasteiger charge is -2.03. The van der Waals surface area contributed by atoms with E-state index in [0.717, 1.165) is 36.2 Å². The van der Waals surface area contributed by atoms with Gasteiger partial charge in [-0.15, -0.1) is 18.2 Å². The summed E-state index contributed by atoms with van der Waals surface area (Å²) in [5.41, 5.74) is 0. The van der Waals surface area contributed by atoms with Crippen LogP contribution in [0.4, 0.5) is 0 Å². The molecule has 0 heterocycles. The quantitative estimate of drug-likeness (QED) is 0.418. The Balaban J connectivity index is 3.15. The maximum atomic E-state index is 11.2. The summed E-state index contributed by atoms with van der Waals surface area (Å²) in [6.45, 7) is 0.722. The number of halogens is 1. The van der Waals surface area contributed by atoms with Crippen LogP contribution in [0, 0.1) is 12.3 Å². The monoisotopic (exact) mass is 277 g/mol. The standard InChI is InChI=1S/C10H16BrNOS/c1-2-8-14-9-7-12-10(13)5-3-4-6-11/h1H,3-9H2,(H,12,13). The Morgan fingerprint density at radius 2 is 2.29 bits per heavy atom. The molecule has 0 aliphatic heterocycles. The summed E-state index contributed by atoms with van der Waals surface area (Å²) in [6, 6.07) is 0. The van der Waals surface area contributed by atoms with E-state index in [1.807, 2.05) is 0 Å². The van der Waals surface area contributed by atoms with E-state index < -0.39 is 0 Å². The average molecular weight is 278 g/mol. The minimum absolute atomic E-state index is 0.146. The Morgan fingerprint density at radius 3 is 2.93 bits per heavy atom. The molecule has 0 aromatic carbocycles. The minimum Gasteiger partial charge on any atom is -0.355 e. The van der Waals surface area contributed by atoms with Crippen LogP contribution in [0.2, 0.25) is 0 Å². The Labute approximate surface area is 98.7 Å². The lowest BCUT2D eigenvalue weighted by Crippen LogP contribution is -2.25. The fraction of sp³-hybridized carbons (Fsp3) is 0.700. The van der Waals surface area contributed by atoms with E-state index in [9.17, 15) is 4.79 Å². The zero-order valence-corrected chi connectivity index (χ0v) is 10.6. The smallest absolute Gasteiger partial charge is 0.220 e. The van der Waals surface area contributed by atoms with Gasteiger partial charge in [-0.25, -0.2) is 0 Å². The number of rotatable bonds is 8. The number of unbranched alkanes of at least 4 members (excludes halogenated alkanes) is 1. The van der Waals surface area contributed by atoms with Crippen molar-refractivity contribution in [2.75, 3.05) is 23.4 Å². The van der Waals surface area contributed by atoms with Gasteiger partial charge in [-0.05, 0) is 12.8 Å². The van der Waals surface area contributed by atoms with Crippen LogP contribution in [0.1, 0.15) is 19.3 Å². The first-order valence-electron chi connectivity index (χ1n) is 4.65. The molecule has 0 spiro atoms. The van der Waals surface area contributed by atoms with E-state index in [1.54, 1.807) is 11.8 Å². The molecule has 4 heteroatoms. The first-order chi connectivity index (χ1) is 6.81. The van der Waals surface area contributed by atoms with E-state index >= 15 is 0 Å². The van der Waals surface area contributed by atoms with E-state index in [1.165, 1.54) is 0 Å². The molecule has 0 rings (SSSR count). The molecule has 0 bridgehead atoms. The van der Waals surface area contributed by atoms with Crippen molar-refractivity contribution in [2.24, 2.45) is 0 Å². The van der Waals surface area contributed by atoms with Gasteiger partial charge in [0.2, 0.25) is 5.91 Å². The van der Waals surface area contributed by atoms with Gasteiger partial charge >= 0.3 is 0 Å². The SMILES string of the molecule is C#CCSCCNC(=O)CCCCBr. The van der Waals surface area contributed by atoms with Gasteiger partial charge in [0.15, 0.2) is 0 Å². The van der Waals surface area contributed by atoms with Gasteiger partial charge in [0.1, 0.15) is 0 Å². The third kappa shape index (κ3) is 9.94. The van der Waals surface area contributed by atoms with Crippen LogP contribution >= 0.6 is 27.7 Å². The molecule has 0 saturated heterocycles. The summed E-state index contributed by atoms with van der Waals surface area (Å²) in [5.74, 6) is 4.31. The van der Waals surface area contributed by atoms with Gasteiger partial charge in [-0.1, -0.05) is 21.9 Å². The molecule has 0 atom stereocenters. The maximum absolute atomic E-state index is 11.2. The molecule has 0 saturated carbocycles. The molecule has 0 fully saturated rings. The molecule has 0 radical (unpaired) electrons. The predicted molar refractivity (Wildman–Crippen MR) is 66.8 cm³/mol. The molecule has 1 N–H and O–H groups in total. The Bertz CT molecular complexity index is 191. The molecule has 1 amide bonds. The molecule has 0 unspecified atom stereocenters. The summed E-state index contributed by atoms with van der Waals surface area (Å²) >= 11 is 4.99. The van der Waals surface area contributed by atoms with Crippen molar-refractivity contribution in [3.8, 4) is 12.3 Å². The zero-order valence-electron chi connectivity index (χ0n) is 8.22. The number of terminal acetylenes is 1. The number of carbonyl (C=O) groups is 1. The number of nitrogens with one attached hydrogen (secondary N) is 1. The van der Waals surface area contributed by atoms with Crippen LogP contribution in [-0.2, 0) is 4.79 Å². The lowest BCUT2D eigenvalue weighted by molar-refractivity contribution is -0.121. The van der Waals surface area contributed by atoms with Crippen LogP contribution in [0.15, 0.2) is 0 Å². The van der Waals surface area contributed by atoms with Crippen molar-refractivity contribution in [3.63, 3.8) is 0 Å². The third-order valence-electron chi connectivity index (χ3n) is 1.54. The van der Waals surface area contributed by atoms with Gasteiger partial charge in [-0.2, -0.15) is 0 Å². The van der Waals surface area contributed by atoms with Crippen molar-refractivity contribution in [2.45, 2.75) is 19.3 Å². The fourth-order valence-corrected chi connectivity index (χ4v) is 1.77. The molecule has 0 aliphatic rings. The van der Waals surface area contributed by atoms with E-state index in [0.29, 0.717) is 6.42 Å². The van der Waals surface area contributed by atoms with Crippen molar-refractivity contribution in [1.82, 2.24) is 5.32 Å². The van der Waals surface area contributed by atoms with Crippen molar-refractivity contribution < 1.29 is 4.79 Å². The molecule has 0 aliphatic carbocycles. The van der Waals surface area contributed by atoms with Gasteiger partial charge in [0, 0.05) is 24.0 Å². The fourth-order valence-electron chi connectivity index (χ4n) is 0.862. The number of carbonyl (C=O) groups excluding carboxylic acids is 1. The second kappa shape index (κ2) is 10.9. The van der Waals surface area contributed by atoms with Crippen molar-refractivity contribution in [3.05, 3.63) is 0 Å². The molecule has 80 valence electrons. The highest BCUT2D eigenvalue weighted by molar-refractivity contribution is 9.09. The lowest BCUT2D eigenvalue weighted by atomic mass is 10.2. The van der Waals surface area contributed by atoms with Gasteiger partial charge in [0.25, 0.3) is 0 Å². The normalized spacial score (nSPS) is 9.43. The van der Waals surface area contributed by atoms with Crippen LogP contribution in [-0.4, -0.2) is 29.3 Å². The first kappa shape index (κ1) is 13.9. The number of alkyl halides is 1. The largest absolute Gasteiger partial charge is 0.355 e. The van der Waals surface area contributed by atoms with Crippen LogP contribution < -0.4 is 5.32 Å². The van der Waals surface area contributed by atoms with E-state index in [-0.39, 0.29) is 5.91 Å². The molecule has 2 nitrogen and oxygen atoms in total. The second-order valence-corrected chi connectivity index (χ2v) is 4.65. The molecular weight excluding hydrogens is 262 g/mol. The Morgan fingerprint density at radius 1 is 1.50 bits per heavy atom. The Hall–Kier alpha value is -0.140. The summed E-state index contributed by atoms with van der Waals surface area (Å²) in [7, 11) is 0. The van der Waals surface area contributed by atoms with Crippen molar-refractivity contribution >= 4 is 33.6 Å². The minimum atomic E-state index is 0.146. The van der Waals surface area contributed by atoms with Crippen LogP contribution in [0.5, 0.6) is 0 Å². The summed E-state index contributed by atoms with van der Waals surface area (Å²) < 4.78 is 0. The topological polar surface area (TPSA) is 29.1 Å². The van der Waals surface area contributed by atoms with Crippen LogP contribution in [0.25, 0.3) is 0 Å². The number of hydrogen-bond acceptors (Lipinski definition) is 2. The second-order valence-electron chi connectivity index (χ2n) is 2.75. The summed E-state index contributed by atoms with van der Waals surface area (Å²) in [4.78, 5) is 11.2. The summed E-state index contributed by atoms with van der Waals surface area (Å²) in [5, 5.41) is 3.83. The highest BCUT2D eigenvalue weighted by atomic mass is 79.9. The highest BCUT2D eigenvalue weighted by Crippen LogP contribution is 1.99. The van der Waals surface area contributed by atoms with Gasteiger partial charge < -0.3 is 5.32 Å². The highest BCUT2D eigenvalue weighted by Gasteiger charge is 1.98. The first-order valence-corrected chi connectivity index (χ1v) is 6.92. The molecule has 14 heavy (non-hydrogen) atoms. The zero-order chi connectivity index (χ0) is 10.6. The predicted octanol–water partition coefficient (Wildman–Crippen LogP) is 2.03. The third-order valence-corrected chi connectivity index (χ3v) is 2.97. The van der Waals surface area contributed by atoms with E-state index in [2.05, 4.69) is 27.2 Å². The van der Waals surface area contributed by atoms with Gasteiger partial charge in [0.05, 0.1) is 5.75 Å². The van der Waals surface area contributed by atoms with Crippen molar-refractivity contribution in [1.29, 1.82) is 0 Å². The number of thioether (sulfide) groups is 1. The average Bonchev–Trinajstić information content (AvgIpc) is 2.18. The van der Waals surface area contributed by atoms with E-state index in [4.69, 9.17) is 6.42 Å². The number of amides is 1. The summed E-state index contributed by atoms with van der Waals surface area (Å²) in [6.07, 6.45) is 7.73.